The third kappa shape index (κ3) is 7.84. The molecule has 0 spiro atoms. The summed E-state index contributed by atoms with van der Waals surface area (Å²) in [4.78, 5) is 18.3. The number of carbonyl (C=O) groups is 1. The molecule has 0 aliphatic carbocycles. The summed E-state index contributed by atoms with van der Waals surface area (Å²) in [6.45, 7) is 5.03. The number of likely N-dealkylation sites (tertiary alicyclic amines) is 1. The number of carboxylic acids is 1. The Kier molecular flexibility index (Phi) is 10.9. The average Bonchev–Trinajstić information content (AvgIpc) is 2.84. The minimum Gasteiger partial charge on any atom is -0.497 e. The molecule has 5 nitrogen and oxygen atoms in total. The van der Waals surface area contributed by atoms with Crippen molar-refractivity contribution in [1.82, 2.24) is 9.88 Å². The van der Waals surface area contributed by atoms with Crippen LogP contribution in [-0.4, -0.2) is 59.2 Å². The Morgan fingerprint density at radius 1 is 1.29 bits per heavy atom. The highest BCUT2D eigenvalue weighted by Crippen LogP contribution is 2.36. The molecule has 0 amide bonds. The number of pyridine rings is 1. The van der Waals surface area contributed by atoms with Gasteiger partial charge in [-0.05, 0) is 98.4 Å². The summed E-state index contributed by atoms with van der Waals surface area (Å²) < 4.78 is 20.7. The van der Waals surface area contributed by atoms with E-state index in [1.165, 1.54) is 18.6 Å². The number of rotatable bonds is 14. The number of unbranched alkanes of at least 4 members (excludes halogenated alkanes) is 1. The van der Waals surface area contributed by atoms with Crippen molar-refractivity contribution < 1.29 is 19.0 Å². The molecular formula is C27H39FN2O3S. The Morgan fingerprint density at radius 3 is 2.88 bits per heavy atom. The number of fused-ring (bicyclic) bond motifs is 1. The summed E-state index contributed by atoms with van der Waals surface area (Å²) >= 11 is 2.02. The van der Waals surface area contributed by atoms with Crippen molar-refractivity contribution in [2.75, 3.05) is 38.2 Å². The van der Waals surface area contributed by atoms with Gasteiger partial charge in [-0.1, -0.05) is 13.3 Å². The van der Waals surface area contributed by atoms with E-state index in [9.17, 15) is 9.90 Å². The molecule has 7 heteroatoms. The normalized spacial score (nSPS) is 19.9. The van der Waals surface area contributed by atoms with E-state index < -0.39 is 12.1 Å². The van der Waals surface area contributed by atoms with E-state index in [2.05, 4.69) is 16.8 Å². The van der Waals surface area contributed by atoms with Crippen molar-refractivity contribution in [3.63, 3.8) is 0 Å². The topological polar surface area (TPSA) is 62.7 Å². The predicted octanol–water partition coefficient (Wildman–Crippen LogP) is 6.37. The SMILES string of the molecule is CCCCSCCCN1CC[C@@H](CCC(F)c2ccnc3ccc(OC)cc23)[C@@H](CC(=O)O)C1. The lowest BCUT2D eigenvalue weighted by Gasteiger charge is -2.38. The molecule has 1 fully saturated rings. The number of hydrogen-bond acceptors (Lipinski definition) is 5. The highest BCUT2D eigenvalue weighted by atomic mass is 32.2. The molecular weight excluding hydrogens is 451 g/mol. The van der Waals surface area contributed by atoms with Crippen LogP contribution in [0.2, 0.25) is 0 Å². The largest absolute Gasteiger partial charge is 0.497 e. The highest BCUT2D eigenvalue weighted by molar-refractivity contribution is 7.99. The number of carboxylic acid groups (broad SMARTS) is 1. The van der Waals surface area contributed by atoms with Crippen molar-refractivity contribution in [1.29, 1.82) is 0 Å². The minimum absolute atomic E-state index is 0.0838. The average molecular weight is 491 g/mol. The fourth-order valence-electron chi connectivity index (χ4n) is 5.00. The lowest BCUT2D eigenvalue weighted by atomic mass is 9.79. The third-order valence-electron chi connectivity index (χ3n) is 6.93. The number of piperidine rings is 1. The first-order valence-electron chi connectivity index (χ1n) is 12.6. The molecule has 3 atom stereocenters. The summed E-state index contributed by atoms with van der Waals surface area (Å²) in [6, 6.07) is 7.28. The van der Waals surface area contributed by atoms with Gasteiger partial charge in [0.1, 0.15) is 11.9 Å². The zero-order valence-corrected chi connectivity index (χ0v) is 21.4. The molecule has 1 aliphatic rings. The molecule has 1 aliphatic heterocycles. The number of benzene rings is 1. The highest BCUT2D eigenvalue weighted by Gasteiger charge is 2.31. The second-order valence-electron chi connectivity index (χ2n) is 9.35. The van der Waals surface area contributed by atoms with Gasteiger partial charge >= 0.3 is 5.97 Å². The number of halogens is 1. The van der Waals surface area contributed by atoms with Crippen LogP contribution in [0.4, 0.5) is 4.39 Å². The van der Waals surface area contributed by atoms with Crippen molar-refractivity contribution >= 4 is 28.6 Å². The van der Waals surface area contributed by atoms with Crippen molar-refractivity contribution in [3.05, 3.63) is 36.0 Å². The Morgan fingerprint density at radius 2 is 2.12 bits per heavy atom. The number of thioether (sulfide) groups is 1. The van der Waals surface area contributed by atoms with Crippen LogP contribution >= 0.6 is 11.8 Å². The number of methoxy groups -OCH3 is 1. The summed E-state index contributed by atoms with van der Waals surface area (Å²) in [6.07, 6.45) is 6.40. The molecule has 0 saturated carbocycles. The molecule has 0 radical (unpaired) electrons. The van der Waals surface area contributed by atoms with Gasteiger partial charge in [-0.3, -0.25) is 9.78 Å². The van der Waals surface area contributed by atoms with Gasteiger partial charge in [0.05, 0.1) is 12.6 Å². The van der Waals surface area contributed by atoms with Gasteiger partial charge in [0, 0.05) is 24.5 Å². The van der Waals surface area contributed by atoms with Crippen LogP contribution in [0.25, 0.3) is 10.9 Å². The first-order valence-corrected chi connectivity index (χ1v) is 13.8. The molecule has 1 unspecified atom stereocenters. The van der Waals surface area contributed by atoms with Gasteiger partial charge in [0.25, 0.3) is 0 Å². The summed E-state index contributed by atoms with van der Waals surface area (Å²) in [5, 5.41) is 10.3. The maximum absolute atomic E-state index is 15.4. The molecule has 1 saturated heterocycles. The maximum Gasteiger partial charge on any atom is 0.303 e. The predicted molar refractivity (Wildman–Crippen MR) is 139 cm³/mol. The molecule has 1 aromatic heterocycles. The first-order chi connectivity index (χ1) is 16.5. The second-order valence-corrected chi connectivity index (χ2v) is 10.6. The zero-order valence-electron chi connectivity index (χ0n) is 20.5. The molecule has 34 heavy (non-hydrogen) atoms. The second kappa shape index (κ2) is 13.9. The fourth-order valence-corrected chi connectivity index (χ4v) is 6.03. The monoisotopic (exact) mass is 490 g/mol. The Hall–Kier alpha value is -1.86. The van der Waals surface area contributed by atoms with Crippen LogP contribution < -0.4 is 4.74 Å². The first kappa shape index (κ1) is 26.7. The number of ether oxygens (including phenoxy) is 1. The van der Waals surface area contributed by atoms with Gasteiger partial charge in [-0.25, -0.2) is 4.39 Å². The van der Waals surface area contributed by atoms with Crippen LogP contribution in [0.5, 0.6) is 5.75 Å². The van der Waals surface area contributed by atoms with E-state index >= 15 is 4.39 Å². The van der Waals surface area contributed by atoms with E-state index in [-0.39, 0.29) is 18.3 Å². The van der Waals surface area contributed by atoms with Crippen LogP contribution in [0, 0.1) is 11.8 Å². The minimum atomic E-state index is -1.11. The lowest BCUT2D eigenvalue weighted by Crippen LogP contribution is -2.42. The number of aromatic nitrogens is 1. The van der Waals surface area contributed by atoms with Crippen LogP contribution in [0.15, 0.2) is 30.5 Å². The Bertz CT molecular complexity index is 913. The summed E-state index contributed by atoms with van der Waals surface area (Å²) in [7, 11) is 1.60. The fraction of sp³-hybridized carbons (Fsp3) is 0.630. The zero-order chi connectivity index (χ0) is 24.3. The number of nitrogens with zero attached hydrogens (tertiary/aromatic N) is 2. The van der Waals surface area contributed by atoms with Crippen molar-refractivity contribution in [2.45, 2.75) is 58.0 Å². The van der Waals surface area contributed by atoms with Gasteiger partial charge in [-0.2, -0.15) is 11.8 Å². The number of alkyl halides is 1. The molecule has 2 heterocycles. The third-order valence-corrected chi connectivity index (χ3v) is 8.08. The van der Waals surface area contributed by atoms with Crippen molar-refractivity contribution in [3.8, 4) is 5.75 Å². The molecule has 2 aromatic rings. The van der Waals surface area contributed by atoms with Gasteiger partial charge in [0.2, 0.25) is 0 Å². The Balaban J connectivity index is 1.56. The molecule has 0 bridgehead atoms. The van der Waals surface area contributed by atoms with Crippen LogP contribution in [-0.2, 0) is 4.79 Å². The van der Waals surface area contributed by atoms with Crippen LogP contribution in [0.1, 0.15) is 63.6 Å². The summed E-state index contributed by atoms with van der Waals surface area (Å²) in [5.41, 5.74) is 1.39. The molecule has 1 aromatic carbocycles. The van der Waals surface area contributed by atoms with E-state index in [4.69, 9.17) is 4.74 Å². The van der Waals surface area contributed by atoms with E-state index in [1.54, 1.807) is 19.4 Å². The van der Waals surface area contributed by atoms with Gasteiger partial charge in [0.15, 0.2) is 0 Å². The quantitative estimate of drug-likeness (QED) is 0.311. The standard InChI is InChI=1S/C27H39FN2O3S/c1-3-4-15-34-16-5-13-30-14-11-20(21(19-30)17-27(31)32)6-8-25(28)23-10-12-29-26-9-7-22(33-2)18-24(23)26/h7,9-10,12,18,20-21,25H,3-6,8,11,13-17,19H2,1-2H3,(H,31,32)/t20-,21+,25?/m1/s1. The van der Waals surface area contributed by atoms with E-state index in [1.807, 2.05) is 30.0 Å². The number of hydrogen-bond donors (Lipinski definition) is 1. The maximum atomic E-state index is 15.4. The smallest absolute Gasteiger partial charge is 0.303 e. The van der Waals surface area contributed by atoms with Crippen molar-refractivity contribution in [2.24, 2.45) is 11.8 Å². The van der Waals surface area contributed by atoms with Gasteiger partial charge < -0.3 is 14.7 Å². The number of aliphatic carboxylic acids is 1. The molecule has 188 valence electrons. The summed E-state index contributed by atoms with van der Waals surface area (Å²) in [5.74, 6) is 2.65. The van der Waals surface area contributed by atoms with E-state index in [0.717, 1.165) is 49.1 Å². The molecule has 1 N–H and O–H groups in total. The lowest BCUT2D eigenvalue weighted by molar-refractivity contribution is -0.139. The van der Waals surface area contributed by atoms with Gasteiger partial charge in [-0.15, -0.1) is 0 Å². The van der Waals surface area contributed by atoms with Crippen LogP contribution in [0.3, 0.4) is 0 Å². The Labute approximate surface area is 207 Å². The van der Waals surface area contributed by atoms with E-state index in [0.29, 0.717) is 24.2 Å². The molecule has 3 rings (SSSR count).